The second-order valence-corrected chi connectivity index (χ2v) is 6.28. The van der Waals surface area contributed by atoms with Crippen molar-refractivity contribution in [1.82, 2.24) is 4.90 Å². The van der Waals surface area contributed by atoms with E-state index in [-0.39, 0.29) is 17.8 Å². The Balaban J connectivity index is 1.63. The fourth-order valence-electron chi connectivity index (χ4n) is 3.09. The molecule has 136 valence electrons. The summed E-state index contributed by atoms with van der Waals surface area (Å²) in [5, 5.41) is 0. The molecule has 26 heavy (non-hydrogen) atoms. The van der Waals surface area contributed by atoms with E-state index in [0.29, 0.717) is 31.0 Å². The maximum atomic E-state index is 12.7. The maximum Gasteiger partial charge on any atom is 0.310 e. The summed E-state index contributed by atoms with van der Waals surface area (Å²) in [5.41, 5.74) is 0.593. The first-order valence-electron chi connectivity index (χ1n) is 8.96. The van der Waals surface area contributed by atoms with Crippen LogP contribution in [0.25, 0.3) is 0 Å². The number of ether oxygens (including phenoxy) is 2. The van der Waals surface area contributed by atoms with Gasteiger partial charge < -0.3 is 14.4 Å². The van der Waals surface area contributed by atoms with Gasteiger partial charge in [-0.25, -0.2) is 0 Å². The lowest BCUT2D eigenvalue weighted by Gasteiger charge is -2.31. The summed E-state index contributed by atoms with van der Waals surface area (Å²) in [6, 6.07) is 16.6. The molecule has 0 spiro atoms. The Morgan fingerprint density at radius 1 is 1.04 bits per heavy atom. The first kappa shape index (κ1) is 18.0. The van der Waals surface area contributed by atoms with Gasteiger partial charge in [0.05, 0.1) is 12.5 Å². The number of esters is 1. The topological polar surface area (TPSA) is 55.8 Å². The fourth-order valence-corrected chi connectivity index (χ4v) is 3.09. The SMILES string of the molecule is CCOC(=O)[C@@H]1CCCN(C(=O)c2ccc(Oc3ccccc3)cc2)C1. The predicted molar refractivity (Wildman–Crippen MR) is 98.2 cm³/mol. The van der Waals surface area contributed by atoms with Gasteiger partial charge in [0.25, 0.3) is 5.91 Å². The number of hydrogen-bond acceptors (Lipinski definition) is 4. The Bertz CT molecular complexity index is 742. The Morgan fingerprint density at radius 2 is 1.73 bits per heavy atom. The third-order valence-electron chi connectivity index (χ3n) is 4.41. The molecule has 2 aromatic carbocycles. The number of piperidine rings is 1. The zero-order valence-corrected chi connectivity index (χ0v) is 14.9. The van der Waals surface area contributed by atoms with Gasteiger partial charge in [-0.3, -0.25) is 9.59 Å². The van der Waals surface area contributed by atoms with E-state index >= 15 is 0 Å². The van der Waals surface area contributed by atoms with Crippen molar-refractivity contribution >= 4 is 11.9 Å². The highest BCUT2D eigenvalue weighted by Gasteiger charge is 2.29. The molecular formula is C21H23NO4. The number of carbonyl (C=O) groups is 2. The van der Waals surface area contributed by atoms with Crippen LogP contribution in [0.2, 0.25) is 0 Å². The molecule has 1 heterocycles. The van der Waals surface area contributed by atoms with Gasteiger partial charge in [0.15, 0.2) is 0 Å². The van der Waals surface area contributed by atoms with Crippen molar-refractivity contribution in [2.24, 2.45) is 5.92 Å². The highest BCUT2D eigenvalue weighted by atomic mass is 16.5. The minimum absolute atomic E-state index is 0.0646. The monoisotopic (exact) mass is 353 g/mol. The third kappa shape index (κ3) is 4.42. The predicted octanol–water partition coefficient (Wildman–Crippen LogP) is 3.89. The zero-order chi connectivity index (χ0) is 18.4. The molecule has 0 unspecified atom stereocenters. The summed E-state index contributed by atoms with van der Waals surface area (Å²) >= 11 is 0. The quantitative estimate of drug-likeness (QED) is 0.765. The summed E-state index contributed by atoms with van der Waals surface area (Å²) in [5.74, 6) is 0.922. The number of amides is 1. The minimum Gasteiger partial charge on any atom is -0.466 e. The van der Waals surface area contributed by atoms with Crippen LogP contribution in [0.15, 0.2) is 54.6 Å². The number of hydrogen-bond donors (Lipinski definition) is 0. The number of likely N-dealkylation sites (tertiary alicyclic amines) is 1. The van der Waals surface area contributed by atoms with Crippen molar-refractivity contribution in [1.29, 1.82) is 0 Å². The molecule has 0 radical (unpaired) electrons. The van der Waals surface area contributed by atoms with Gasteiger partial charge in [0, 0.05) is 18.7 Å². The molecular weight excluding hydrogens is 330 g/mol. The van der Waals surface area contributed by atoms with E-state index in [4.69, 9.17) is 9.47 Å². The van der Waals surface area contributed by atoms with Crippen molar-refractivity contribution in [2.45, 2.75) is 19.8 Å². The summed E-state index contributed by atoms with van der Waals surface area (Å²) in [6.07, 6.45) is 1.58. The van der Waals surface area contributed by atoms with Crippen LogP contribution in [0.1, 0.15) is 30.1 Å². The van der Waals surface area contributed by atoms with Crippen LogP contribution in [0.5, 0.6) is 11.5 Å². The second-order valence-electron chi connectivity index (χ2n) is 6.28. The summed E-state index contributed by atoms with van der Waals surface area (Å²) in [7, 11) is 0. The molecule has 1 saturated heterocycles. The first-order valence-corrected chi connectivity index (χ1v) is 8.96. The van der Waals surface area contributed by atoms with Crippen LogP contribution < -0.4 is 4.74 Å². The fraction of sp³-hybridized carbons (Fsp3) is 0.333. The Hall–Kier alpha value is -2.82. The van der Waals surface area contributed by atoms with Crippen LogP contribution in [0.3, 0.4) is 0 Å². The highest BCUT2D eigenvalue weighted by molar-refractivity contribution is 5.94. The normalized spacial score (nSPS) is 16.8. The van der Waals surface area contributed by atoms with Crippen LogP contribution in [-0.4, -0.2) is 36.5 Å². The molecule has 0 N–H and O–H groups in total. The standard InChI is InChI=1S/C21H23NO4/c1-2-25-21(24)17-7-6-14-22(15-17)20(23)16-10-12-19(13-11-16)26-18-8-4-3-5-9-18/h3-5,8-13,17H,2,6-7,14-15H2,1H3/t17-/m1/s1. The molecule has 1 amide bonds. The van der Waals surface area contributed by atoms with Crippen LogP contribution in [0, 0.1) is 5.92 Å². The lowest BCUT2D eigenvalue weighted by Crippen LogP contribution is -2.42. The maximum absolute atomic E-state index is 12.7. The molecule has 1 atom stereocenters. The molecule has 1 aliphatic heterocycles. The third-order valence-corrected chi connectivity index (χ3v) is 4.41. The Labute approximate surface area is 153 Å². The van der Waals surface area contributed by atoms with E-state index in [9.17, 15) is 9.59 Å². The van der Waals surface area contributed by atoms with Crippen LogP contribution >= 0.6 is 0 Å². The molecule has 1 fully saturated rings. The van der Waals surface area contributed by atoms with Gasteiger partial charge >= 0.3 is 5.97 Å². The summed E-state index contributed by atoms with van der Waals surface area (Å²) < 4.78 is 10.8. The van der Waals surface area contributed by atoms with Crippen molar-refractivity contribution < 1.29 is 19.1 Å². The number of carbonyl (C=O) groups excluding carboxylic acids is 2. The number of nitrogens with zero attached hydrogens (tertiary/aromatic N) is 1. The van der Waals surface area contributed by atoms with E-state index in [0.717, 1.165) is 18.6 Å². The van der Waals surface area contributed by atoms with E-state index in [1.807, 2.05) is 30.3 Å². The zero-order valence-electron chi connectivity index (χ0n) is 14.9. The van der Waals surface area contributed by atoms with Gasteiger partial charge in [0.2, 0.25) is 0 Å². The Morgan fingerprint density at radius 3 is 2.42 bits per heavy atom. The lowest BCUT2D eigenvalue weighted by molar-refractivity contribution is -0.149. The molecule has 5 nitrogen and oxygen atoms in total. The van der Waals surface area contributed by atoms with Gasteiger partial charge in [-0.15, -0.1) is 0 Å². The average molecular weight is 353 g/mol. The van der Waals surface area contributed by atoms with Crippen molar-refractivity contribution in [3.05, 3.63) is 60.2 Å². The summed E-state index contributed by atoms with van der Waals surface area (Å²) in [4.78, 5) is 26.4. The molecule has 0 aliphatic carbocycles. The van der Waals surface area contributed by atoms with Crippen LogP contribution in [0.4, 0.5) is 0 Å². The van der Waals surface area contributed by atoms with E-state index in [1.54, 1.807) is 36.1 Å². The van der Waals surface area contributed by atoms with Crippen molar-refractivity contribution in [2.75, 3.05) is 19.7 Å². The lowest BCUT2D eigenvalue weighted by atomic mass is 9.97. The minimum atomic E-state index is -0.228. The van der Waals surface area contributed by atoms with Gasteiger partial charge in [-0.2, -0.15) is 0 Å². The number of rotatable bonds is 5. The second kappa shape index (κ2) is 8.52. The van der Waals surface area contributed by atoms with Crippen molar-refractivity contribution in [3.63, 3.8) is 0 Å². The first-order chi connectivity index (χ1) is 12.7. The van der Waals surface area contributed by atoms with E-state index < -0.39 is 0 Å². The molecule has 3 rings (SSSR count). The largest absolute Gasteiger partial charge is 0.466 e. The highest BCUT2D eigenvalue weighted by Crippen LogP contribution is 2.23. The molecule has 0 bridgehead atoms. The summed E-state index contributed by atoms with van der Waals surface area (Å²) in [6.45, 7) is 3.24. The number of benzene rings is 2. The molecule has 1 aliphatic rings. The molecule has 0 saturated carbocycles. The van der Waals surface area contributed by atoms with E-state index in [1.165, 1.54) is 0 Å². The molecule has 5 heteroatoms. The van der Waals surface area contributed by atoms with Gasteiger partial charge in [-0.05, 0) is 56.2 Å². The Kier molecular flexibility index (Phi) is 5.89. The van der Waals surface area contributed by atoms with Crippen LogP contribution in [-0.2, 0) is 9.53 Å². The smallest absolute Gasteiger partial charge is 0.310 e. The van der Waals surface area contributed by atoms with E-state index in [2.05, 4.69) is 0 Å². The molecule has 0 aromatic heterocycles. The van der Waals surface area contributed by atoms with Gasteiger partial charge in [-0.1, -0.05) is 18.2 Å². The van der Waals surface area contributed by atoms with Gasteiger partial charge in [0.1, 0.15) is 11.5 Å². The average Bonchev–Trinajstić information content (AvgIpc) is 2.69. The van der Waals surface area contributed by atoms with Crippen molar-refractivity contribution in [3.8, 4) is 11.5 Å². The molecule has 2 aromatic rings. The number of para-hydroxylation sites is 1.